The Balaban J connectivity index is 1.84. The van der Waals surface area contributed by atoms with E-state index in [1.807, 2.05) is 0 Å². The van der Waals surface area contributed by atoms with Crippen LogP contribution in [-0.2, 0) is 13.1 Å². The van der Waals surface area contributed by atoms with Gasteiger partial charge in [0, 0.05) is 0 Å². The van der Waals surface area contributed by atoms with Crippen LogP contribution in [0, 0.1) is 5.92 Å². The minimum absolute atomic E-state index is 0.887. The van der Waals surface area contributed by atoms with Crippen molar-refractivity contribution >= 4 is 0 Å². The lowest BCUT2D eigenvalue weighted by atomic mass is 10.0. The van der Waals surface area contributed by atoms with Crippen LogP contribution in [0.5, 0.6) is 0 Å². The van der Waals surface area contributed by atoms with Crippen molar-refractivity contribution in [3.8, 4) is 0 Å². The van der Waals surface area contributed by atoms with E-state index in [0.717, 1.165) is 5.92 Å². The maximum atomic E-state index is 2.40. The zero-order chi connectivity index (χ0) is 23.1. The molecule has 0 fully saturated rings. The molecule has 1 aromatic heterocycles. The van der Waals surface area contributed by atoms with Crippen LogP contribution in [0.25, 0.3) is 0 Å². The molecule has 1 aromatic rings. The molecule has 2 nitrogen and oxygen atoms in total. The molecule has 0 aliphatic rings. The number of hydrogen-bond donors (Lipinski definition) is 0. The summed E-state index contributed by atoms with van der Waals surface area (Å²) in [5.41, 5.74) is 0. The molecule has 1 heterocycles. The van der Waals surface area contributed by atoms with Crippen molar-refractivity contribution in [2.24, 2.45) is 5.92 Å². The topological polar surface area (TPSA) is 8.81 Å². The minimum atomic E-state index is 0.887. The molecular formula is C30H59N2+. The first kappa shape index (κ1) is 29.2. The standard InChI is InChI=1S/C30H59N2/c1-4-5-6-7-8-13-16-19-22-25-31-27-28-32(29-31)26-23-20-17-14-11-9-10-12-15-18-21-24-30(2)3/h27-30H,4-26H2,1-3H3/q+1. The predicted octanol–water partition coefficient (Wildman–Crippen LogP) is 9.64. The molecule has 0 aliphatic heterocycles. The van der Waals surface area contributed by atoms with E-state index < -0.39 is 0 Å². The van der Waals surface area contributed by atoms with E-state index >= 15 is 0 Å². The summed E-state index contributed by atoms with van der Waals surface area (Å²) in [6, 6.07) is 0. The summed E-state index contributed by atoms with van der Waals surface area (Å²) in [4.78, 5) is 0. The van der Waals surface area contributed by atoms with Crippen LogP contribution < -0.4 is 4.57 Å². The van der Waals surface area contributed by atoms with E-state index in [0.29, 0.717) is 0 Å². The van der Waals surface area contributed by atoms with Gasteiger partial charge in [-0.05, 0) is 31.6 Å². The molecule has 0 saturated heterocycles. The quantitative estimate of drug-likeness (QED) is 0.110. The smallest absolute Gasteiger partial charge is 0.237 e. The van der Waals surface area contributed by atoms with Gasteiger partial charge in [-0.15, -0.1) is 0 Å². The first-order chi connectivity index (χ1) is 15.7. The first-order valence-electron chi connectivity index (χ1n) is 14.8. The van der Waals surface area contributed by atoms with Crippen LogP contribution >= 0.6 is 0 Å². The van der Waals surface area contributed by atoms with Gasteiger partial charge in [0.2, 0.25) is 6.33 Å². The second-order valence-electron chi connectivity index (χ2n) is 10.8. The molecule has 0 aromatic carbocycles. The van der Waals surface area contributed by atoms with Crippen molar-refractivity contribution in [2.75, 3.05) is 0 Å². The van der Waals surface area contributed by atoms with Crippen molar-refractivity contribution < 1.29 is 4.57 Å². The fraction of sp³-hybridized carbons (Fsp3) is 0.900. The third-order valence-corrected chi connectivity index (χ3v) is 6.96. The van der Waals surface area contributed by atoms with Crippen LogP contribution in [0.15, 0.2) is 18.7 Å². The third kappa shape index (κ3) is 18.8. The molecule has 1 rings (SSSR count). The highest BCUT2D eigenvalue weighted by molar-refractivity contribution is 4.66. The van der Waals surface area contributed by atoms with Gasteiger partial charge in [-0.1, -0.05) is 130 Å². The number of rotatable bonds is 24. The van der Waals surface area contributed by atoms with Crippen molar-refractivity contribution in [3.63, 3.8) is 0 Å². The zero-order valence-electron chi connectivity index (χ0n) is 22.5. The average Bonchev–Trinajstić information content (AvgIpc) is 3.23. The molecule has 0 atom stereocenters. The lowest BCUT2D eigenvalue weighted by molar-refractivity contribution is -0.696. The molecule has 32 heavy (non-hydrogen) atoms. The first-order valence-corrected chi connectivity index (χ1v) is 14.8. The average molecular weight is 448 g/mol. The van der Waals surface area contributed by atoms with E-state index in [-0.39, 0.29) is 0 Å². The fourth-order valence-corrected chi connectivity index (χ4v) is 4.75. The minimum Gasteiger partial charge on any atom is -0.237 e. The van der Waals surface area contributed by atoms with Crippen LogP contribution in [-0.4, -0.2) is 4.57 Å². The number of hydrogen-bond acceptors (Lipinski definition) is 0. The van der Waals surface area contributed by atoms with E-state index in [4.69, 9.17) is 0 Å². The second-order valence-corrected chi connectivity index (χ2v) is 10.8. The van der Waals surface area contributed by atoms with Gasteiger partial charge in [-0.2, -0.15) is 0 Å². The van der Waals surface area contributed by atoms with Gasteiger partial charge in [-0.3, -0.25) is 0 Å². The molecular weight excluding hydrogens is 388 g/mol. The van der Waals surface area contributed by atoms with Crippen molar-refractivity contribution in [1.82, 2.24) is 4.57 Å². The number of aryl methyl sites for hydroxylation is 2. The summed E-state index contributed by atoms with van der Waals surface area (Å²) in [5, 5.41) is 0. The highest BCUT2D eigenvalue weighted by Crippen LogP contribution is 2.14. The molecule has 0 aliphatic carbocycles. The summed E-state index contributed by atoms with van der Waals surface area (Å²) in [6.07, 6.45) is 36.8. The molecule has 0 radical (unpaired) electrons. The normalized spacial score (nSPS) is 11.6. The Kier molecular flexibility index (Phi) is 20.1. The van der Waals surface area contributed by atoms with E-state index in [1.165, 1.54) is 148 Å². The van der Waals surface area contributed by atoms with Crippen LogP contribution in [0.2, 0.25) is 0 Å². The summed E-state index contributed by atoms with van der Waals surface area (Å²) in [6.45, 7) is 9.37. The lowest BCUT2D eigenvalue weighted by Gasteiger charge is -2.04. The maximum Gasteiger partial charge on any atom is 0.243 e. The third-order valence-electron chi connectivity index (χ3n) is 6.96. The number of nitrogens with zero attached hydrogens (tertiary/aromatic N) is 2. The summed E-state index contributed by atoms with van der Waals surface area (Å²) in [5.74, 6) is 0.887. The summed E-state index contributed by atoms with van der Waals surface area (Å²) in [7, 11) is 0. The Morgan fingerprint density at radius 3 is 1.59 bits per heavy atom. The van der Waals surface area contributed by atoms with Crippen LogP contribution in [0.4, 0.5) is 0 Å². The summed E-state index contributed by atoms with van der Waals surface area (Å²) >= 11 is 0. The molecule has 0 spiro atoms. The van der Waals surface area contributed by atoms with Crippen LogP contribution in [0.3, 0.4) is 0 Å². The van der Waals surface area contributed by atoms with Gasteiger partial charge < -0.3 is 0 Å². The largest absolute Gasteiger partial charge is 0.243 e. The van der Waals surface area contributed by atoms with Crippen molar-refractivity contribution in [1.29, 1.82) is 0 Å². The Morgan fingerprint density at radius 2 is 1.06 bits per heavy atom. The molecule has 0 N–H and O–H groups in total. The SMILES string of the molecule is CCCCCCCCCCCn1cc[n+](CCCCCCCCCCCCCC(C)C)c1. The Morgan fingerprint density at radius 1 is 0.594 bits per heavy atom. The summed E-state index contributed by atoms with van der Waals surface area (Å²) < 4.78 is 4.79. The van der Waals surface area contributed by atoms with Gasteiger partial charge in [0.25, 0.3) is 0 Å². The Labute approximate surface area is 202 Å². The van der Waals surface area contributed by atoms with E-state index in [1.54, 1.807) is 0 Å². The highest BCUT2D eigenvalue weighted by atomic mass is 15.1. The molecule has 188 valence electrons. The molecule has 0 unspecified atom stereocenters. The van der Waals surface area contributed by atoms with Gasteiger partial charge in [0.05, 0.1) is 13.1 Å². The number of aromatic nitrogens is 2. The number of unbranched alkanes of at least 4 members (excludes halogenated alkanes) is 18. The Bertz CT molecular complexity index is 491. The monoisotopic (exact) mass is 447 g/mol. The highest BCUT2D eigenvalue weighted by Gasteiger charge is 2.03. The van der Waals surface area contributed by atoms with E-state index in [2.05, 4.69) is 48.6 Å². The van der Waals surface area contributed by atoms with Crippen molar-refractivity contribution in [3.05, 3.63) is 18.7 Å². The number of imidazole rings is 1. The van der Waals surface area contributed by atoms with Gasteiger partial charge >= 0.3 is 0 Å². The fourth-order valence-electron chi connectivity index (χ4n) is 4.75. The van der Waals surface area contributed by atoms with Gasteiger partial charge in [0.15, 0.2) is 0 Å². The van der Waals surface area contributed by atoms with Gasteiger partial charge in [-0.25, -0.2) is 9.13 Å². The molecule has 2 heteroatoms. The zero-order valence-corrected chi connectivity index (χ0v) is 22.5. The van der Waals surface area contributed by atoms with Crippen LogP contribution in [0.1, 0.15) is 156 Å². The lowest BCUT2D eigenvalue weighted by Crippen LogP contribution is -2.30. The van der Waals surface area contributed by atoms with Gasteiger partial charge in [0.1, 0.15) is 12.4 Å². The second kappa shape index (κ2) is 22.0. The maximum absolute atomic E-state index is 2.40. The molecule has 0 bridgehead atoms. The molecule has 0 saturated carbocycles. The Hall–Kier alpha value is -0.790. The van der Waals surface area contributed by atoms with Crippen molar-refractivity contribution in [2.45, 2.75) is 169 Å². The van der Waals surface area contributed by atoms with E-state index in [9.17, 15) is 0 Å². The predicted molar refractivity (Wildman–Crippen MR) is 142 cm³/mol. The molecule has 0 amide bonds.